The van der Waals surface area contributed by atoms with Gasteiger partial charge in [-0.3, -0.25) is 0 Å². The molecule has 0 saturated heterocycles. The van der Waals surface area contributed by atoms with E-state index < -0.39 is 17.7 Å². The van der Waals surface area contributed by atoms with E-state index in [-0.39, 0.29) is 16.0 Å². The van der Waals surface area contributed by atoms with Gasteiger partial charge in [-0.2, -0.15) is 0 Å². The molecule has 1 nitrogen and oxygen atoms in total. The van der Waals surface area contributed by atoms with Crippen molar-refractivity contribution in [3.8, 4) is 0 Å². The maximum Gasteiger partial charge on any atom is 0.137 e. The Morgan fingerprint density at radius 3 is 2.48 bits per heavy atom. The highest BCUT2D eigenvalue weighted by Gasteiger charge is 2.29. The Labute approximate surface area is 133 Å². The monoisotopic (exact) mass is 360 g/mol. The van der Waals surface area contributed by atoms with E-state index in [0.717, 1.165) is 43.7 Å². The molecule has 0 amide bonds. The fourth-order valence-electron chi connectivity index (χ4n) is 3.30. The molecule has 1 aromatic rings. The van der Waals surface area contributed by atoms with Crippen LogP contribution >= 0.6 is 15.9 Å². The summed E-state index contributed by atoms with van der Waals surface area (Å²) >= 11 is 2.96. The summed E-state index contributed by atoms with van der Waals surface area (Å²) < 4.78 is 27.6. The summed E-state index contributed by atoms with van der Waals surface area (Å²) in [5, 5.41) is 10.4. The number of benzene rings is 1. The highest BCUT2D eigenvalue weighted by atomic mass is 79.9. The molecular formula is C17H23BrF2O. The minimum absolute atomic E-state index is 0.0398. The maximum absolute atomic E-state index is 13.9. The minimum Gasteiger partial charge on any atom is -0.388 e. The minimum atomic E-state index is -0.903. The average Bonchev–Trinajstić information content (AvgIpc) is 2.48. The number of hydrogen-bond acceptors (Lipinski definition) is 1. The number of rotatable bonds is 5. The van der Waals surface area contributed by atoms with Gasteiger partial charge < -0.3 is 5.11 Å². The third-order valence-corrected chi connectivity index (χ3v) is 5.27. The quantitative estimate of drug-likeness (QED) is 0.662. The van der Waals surface area contributed by atoms with Crippen molar-refractivity contribution in [1.82, 2.24) is 0 Å². The van der Waals surface area contributed by atoms with Crippen LogP contribution in [0.1, 0.15) is 63.5 Å². The number of hydrogen-bond donors (Lipinski definition) is 1. The summed E-state index contributed by atoms with van der Waals surface area (Å²) in [6.07, 6.45) is 6.78. The van der Waals surface area contributed by atoms with Crippen LogP contribution in [0, 0.1) is 23.5 Å². The molecule has 21 heavy (non-hydrogen) atoms. The van der Waals surface area contributed by atoms with Crippen molar-refractivity contribution >= 4 is 15.9 Å². The first-order chi connectivity index (χ1) is 10.0. The van der Waals surface area contributed by atoms with Crippen LogP contribution in [0.2, 0.25) is 0 Å². The third kappa shape index (κ3) is 4.26. The van der Waals surface area contributed by atoms with E-state index in [1.54, 1.807) is 0 Å². The van der Waals surface area contributed by atoms with Crippen molar-refractivity contribution in [2.75, 3.05) is 0 Å². The number of unbranched alkanes of at least 4 members (excludes halogenated alkanes) is 1. The molecule has 0 aromatic heterocycles. The predicted octanol–water partition coefficient (Wildman–Crippen LogP) is 5.76. The lowest BCUT2D eigenvalue weighted by Crippen LogP contribution is -2.21. The Bertz CT molecular complexity index is 470. The van der Waals surface area contributed by atoms with Crippen LogP contribution in [0.4, 0.5) is 8.78 Å². The highest BCUT2D eigenvalue weighted by molar-refractivity contribution is 9.10. The van der Waals surface area contributed by atoms with Crippen molar-refractivity contribution < 1.29 is 13.9 Å². The second-order valence-electron chi connectivity index (χ2n) is 6.16. The maximum atomic E-state index is 13.9. The second kappa shape index (κ2) is 7.68. The van der Waals surface area contributed by atoms with Crippen molar-refractivity contribution in [1.29, 1.82) is 0 Å². The van der Waals surface area contributed by atoms with Crippen molar-refractivity contribution in [2.24, 2.45) is 11.8 Å². The van der Waals surface area contributed by atoms with Crippen LogP contribution in [0.25, 0.3) is 0 Å². The molecule has 2 rings (SSSR count). The zero-order valence-corrected chi connectivity index (χ0v) is 14.0. The lowest BCUT2D eigenvalue weighted by atomic mass is 9.76. The van der Waals surface area contributed by atoms with Crippen LogP contribution in [0.15, 0.2) is 16.6 Å². The lowest BCUT2D eigenvalue weighted by molar-refractivity contribution is 0.0689. The molecule has 0 spiro atoms. The van der Waals surface area contributed by atoms with E-state index in [1.165, 1.54) is 19.3 Å². The third-order valence-electron chi connectivity index (χ3n) is 4.66. The van der Waals surface area contributed by atoms with Crippen LogP contribution in [-0.2, 0) is 0 Å². The Kier molecular flexibility index (Phi) is 6.18. The predicted molar refractivity (Wildman–Crippen MR) is 84.0 cm³/mol. The van der Waals surface area contributed by atoms with Gasteiger partial charge >= 0.3 is 0 Å². The number of halogens is 3. The molecule has 0 bridgehead atoms. The molecule has 1 aliphatic rings. The first-order valence-corrected chi connectivity index (χ1v) is 8.64. The molecule has 4 heteroatoms. The van der Waals surface area contributed by atoms with Crippen LogP contribution in [-0.4, -0.2) is 5.11 Å². The summed E-state index contributed by atoms with van der Waals surface area (Å²) in [6.45, 7) is 2.19. The molecule has 0 aliphatic heterocycles. The Morgan fingerprint density at radius 1 is 1.19 bits per heavy atom. The van der Waals surface area contributed by atoms with E-state index in [4.69, 9.17) is 0 Å². The first-order valence-electron chi connectivity index (χ1n) is 7.85. The molecule has 0 radical (unpaired) electrons. The number of aliphatic hydroxyl groups excluding tert-OH is 1. The molecule has 1 unspecified atom stereocenters. The molecule has 1 aliphatic carbocycles. The molecule has 1 N–H and O–H groups in total. The van der Waals surface area contributed by atoms with E-state index in [0.29, 0.717) is 0 Å². The van der Waals surface area contributed by atoms with Crippen molar-refractivity contribution in [3.05, 3.63) is 33.8 Å². The Hall–Kier alpha value is -0.480. The van der Waals surface area contributed by atoms with Crippen LogP contribution < -0.4 is 0 Å². The molecule has 1 saturated carbocycles. The SMILES string of the molecule is CCCCC1CCC(C(O)c2cc(F)c(Br)cc2F)CC1. The van der Waals surface area contributed by atoms with Gasteiger partial charge in [0.2, 0.25) is 0 Å². The largest absolute Gasteiger partial charge is 0.388 e. The fourth-order valence-corrected chi connectivity index (χ4v) is 3.62. The van der Waals surface area contributed by atoms with Gasteiger partial charge in [0.15, 0.2) is 0 Å². The topological polar surface area (TPSA) is 20.2 Å². The number of aliphatic hydroxyl groups is 1. The van der Waals surface area contributed by atoms with Gasteiger partial charge in [0.05, 0.1) is 10.6 Å². The Balaban J connectivity index is 1.99. The molecule has 118 valence electrons. The van der Waals surface area contributed by atoms with Crippen LogP contribution in [0.5, 0.6) is 0 Å². The van der Waals surface area contributed by atoms with Gasteiger partial charge in [0, 0.05) is 5.56 Å². The first kappa shape index (κ1) is 16.9. The zero-order chi connectivity index (χ0) is 15.4. The summed E-state index contributed by atoms with van der Waals surface area (Å²) in [5.74, 6) is -0.288. The second-order valence-corrected chi connectivity index (χ2v) is 7.01. The van der Waals surface area contributed by atoms with E-state index >= 15 is 0 Å². The van der Waals surface area contributed by atoms with E-state index in [2.05, 4.69) is 22.9 Å². The summed E-state index contributed by atoms with van der Waals surface area (Å²) in [6, 6.07) is 2.22. The molecule has 1 fully saturated rings. The molecule has 0 heterocycles. The van der Waals surface area contributed by atoms with Crippen molar-refractivity contribution in [3.63, 3.8) is 0 Å². The standard InChI is InChI=1S/C17H23BrF2O/c1-2-3-4-11-5-7-12(8-6-11)17(21)13-9-16(20)14(18)10-15(13)19/h9-12,17,21H,2-8H2,1H3. The van der Waals surface area contributed by atoms with Gasteiger partial charge in [-0.05, 0) is 52.7 Å². The van der Waals surface area contributed by atoms with Gasteiger partial charge in [0.1, 0.15) is 11.6 Å². The van der Waals surface area contributed by atoms with Crippen molar-refractivity contribution in [2.45, 2.75) is 58.0 Å². The molecular weight excluding hydrogens is 338 g/mol. The highest BCUT2D eigenvalue weighted by Crippen LogP contribution is 2.39. The lowest BCUT2D eigenvalue weighted by Gasteiger charge is -2.31. The van der Waals surface area contributed by atoms with Gasteiger partial charge in [-0.1, -0.05) is 39.0 Å². The van der Waals surface area contributed by atoms with E-state index in [1.807, 2.05) is 0 Å². The molecule has 1 atom stereocenters. The van der Waals surface area contributed by atoms with E-state index in [9.17, 15) is 13.9 Å². The average molecular weight is 361 g/mol. The summed E-state index contributed by atoms with van der Waals surface area (Å²) in [4.78, 5) is 0. The van der Waals surface area contributed by atoms with Crippen LogP contribution in [0.3, 0.4) is 0 Å². The smallest absolute Gasteiger partial charge is 0.137 e. The van der Waals surface area contributed by atoms with Gasteiger partial charge in [-0.15, -0.1) is 0 Å². The summed E-state index contributed by atoms with van der Waals surface area (Å²) in [5.41, 5.74) is 0.0905. The molecule has 1 aromatic carbocycles. The summed E-state index contributed by atoms with van der Waals surface area (Å²) in [7, 11) is 0. The normalized spacial score (nSPS) is 24.0. The fraction of sp³-hybridized carbons (Fsp3) is 0.647. The Morgan fingerprint density at radius 2 is 1.86 bits per heavy atom. The van der Waals surface area contributed by atoms with Gasteiger partial charge in [-0.25, -0.2) is 8.78 Å². The van der Waals surface area contributed by atoms with Gasteiger partial charge in [0.25, 0.3) is 0 Å². The zero-order valence-electron chi connectivity index (χ0n) is 12.4.